The highest BCUT2D eigenvalue weighted by Gasteiger charge is 2.20. The monoisotopic (exact) mass is 275 g/mol. The van der Waals surface area contributed by atoms with Gasteiger partial charge in [0, 0.05) is 30.2 Å². The van der Waals surface area contributed by atoms with Gasteiger partial charge in [-0.3, -0.25) is 4.79 Å². The van der Waals surface area contributed by atoms with Crippen LogP contribution >= 0.6 is 0 Å². The van der Waals surface area contributed by atoms with Gasteiger partial charge in [-0.25, -0.2) is 0 Å². The zero-order chi connectivity index (χ0) is 14.5. The summed E-state index contributed by atoms with van der Waals surface area (Å²) in [5.74, 6) is -0.119. The fourth-order valence-corrected chi connectivity index (χ4v) is 2.40. The lowest BCUT2D eigenvalue weighted by Gasteiger charge is -2.23. The van der Waals surface area contributed by atoms with Gasteiger partial charge in [-0.1, -0.05) is 18.2 Å². The Morgan fingerprint density at radius 3 is 2.90 bits per heavy atom. The topological polar surface area (TPSA) is 82.3 Å². The zero-order valence-corrected chi connectivity index (χ0v) is 11.7. The first-order valence-corrected chi connectivity index (χ1v) is 6.87. The third kappa shape index (κ3) is 3.00. The van der Waals surface area contributed by atoms with Gasteiger partial charge in [-0.05, 0) is 25.0 Å². The number of nitrogens with zero attached hydrogens (tertiary/aromatic N) is 1. The summed E-state index contributed by atoms with van der Waals surface area (Å²) in [6.45, 7) is 2.73. The minimum Gasteiger partial charge on any atom is -0.395 e. The van der Waals surface area contributed by atoms with Crippen molar-refractivity contribution in [1.82, 2.24) is 9.88 Å². The van der Waals surface area contributed by atoms with Crippen LogP contribution in [0, 0.1) is 0 Å². The van der Waals surface area contributed by atoms with Crippen molar-refractivity contribution in [2.75, 3.05) is 19.7 Å². The Morgan fingerprint density at radius 1 is 1.45 bits per heavy atom. The third-order valence-electron chi connectivity index (χ3n) is 3.50. The molecule has 0 fully saturated rings. The average Bonchev–Trinajstić information content (AvgIpc) is 2.87. The van der Waals surface area contributed by atoms with Crippen LogP contribution in [0.3, 0.4) is 0 Å². The Morgan fingerprint density at radius 2 is 2.20 bits per heavy atom. The van der Waals surface area contributed by atoms with Gasteiger partial charge in [-0.15, -0.1) is 0 Å². The molecule has 0 saturated carbocycles. The highest BCUT2D eigenvalue weighted by atomic mass is 16.3. The smallest absolute Gasteiger partial charge is 0.239 e. The van der Waals surface area contributed by atoms with Crippen molar-refractivity contribution in [3.05, 3.63) is 36.0 Å². The standard InChI is InChI=1S/C15H21N3O2/c1-2-18(7-8-19)15(20)13(16)9-11-10-17-14-6-4-3-5-12(11)14/h3-6,10,13,17,19H,2,7-9,16H2,1H3/t13-/m1/s1. The van der Waals surface area contributed by atoms with Crippen LogP contribution in [0.4, 0.5) is 0 Å². The number of fused-ring (bicyclic) bond motifs is 1. The number of aliphatic hydroxyl groups is 1. The molecule has 1 amide bonds. The van der Waals surface area contributed by atoms with Crippen molar-refractivity contribution < 1.29 is 9.90 Å². The lowest BCUT2D eigenvalue weighted by atomic mass is 10.0. The van der Waals surface area contributed by atoms with Crippen LogP contribution in [-0.2, 0) is 11.2 Å². The van der Waals surface area contributed by atoms with Gasteiger partial charge in [0.2, 0.25) is 5.91 Å². The SMILES string of the molecule is CCN(CCO)C(=O)[C@H](N)Cc1c[nH]c2ccccc12. The number of rotatable bonds is 6. The normalized spacial score (nSPS) is 12.6. The number of H-pyrrole nitrogens is 1. The first-order valence-electron chi connectivity index (χ1n) is 6.87. The molecule has 0 aliphatic rings. The first kappa shape index (κ1) is 14.6. The van der Waals surface area contributed by atoms with E-state index in [1.165, 1.54) is 0 Å². The third-order valence-corrected chi connectivity index (χ3v) is 3.50. The maximum atomic E-state index is 12.2. The van der Waals surface area contributed by atoms with Crippen molar-refractivity contribution in [3.8, 4) is 0 Å². The second-order valence-corrected chi connectivity index (χ2v) is 4.81. The summed E-state index contributed by atoms with van der Waals surface area (Å²) in [6, 6.07) is 7.37. The van der Waals surface area contributed by atoms with E-state index in [0.717, 1.165) is 16.5 Å². The average molecular weight is 275 g/mol. The number of aromatic nitrogens is 1. The Hall–Kier alpha value is -1.85. The molecule has 5 nitrogen and oxygen atoms in total. The summed E-state index contributed by atoms with van der Waals surface area (Å²) >= 11 is 0. The van der Waals surface area contributed by atoms with Crippen molar-refractivity contribution in [2.45, 2.75) is 19.4 Å². The highest BCUT2D eigenvalue weighted by molar-refractivity contribution is 5.86. The van der Waals surface area contributed by atoms with Gasteiger partial charge in [0.15, 0.2) is 0 Å². The summed E-state index contributed by atoms with van der Waals surface area (Å²) in [5, 5.41) is 10.1. The maximum absolute atomic E-state index is 12.2. The summed E-state index contributed by atoms with van der Waals surface area (Å²) in [5.41, 5.74) is 8.11. The summed E-state index contributed by atoms with van der Waals surface area (Å²) in [7, 11) is 0. The summed E-state index contributed by atoms with van der Waals surface area (Å²) in [4.78, 5) is 17.0. The second-order valence-electron chi connectivity index (χ2n) is 4.81. The van der Waals surface area contributed by atoms with Gasteiger partial charge < -0.3 is 20.7 Å². The van der Waals surface area contributed by atoms with E-state index < -0.39 is 6.04 Å². The molecule has 2 aromatic rings. The number of amides is 1. The summed E-state index contributed by atoms with van der Waals surface area (Å²) < 4.78 is 0. The Labute approximate surface area is 118 Å². The Balaban J connectivity index is 2.11. The lowest BCUT2D eigenvalue weighted by Crippen LogP contribution is -2.45. The van der Waals surface area contributed by atoms with E-state index in [1.54, 1.807) is 4.90 Å². The molecule has 0 unspecified atom stereocenters. The minimum atomic E-state index is -0.583. The molecule has 0 aliphatic heterocycles. The minimum absolute atomic E-state index is 0.0423. The molecule has 4 N–H and O–H groups in total. The Bertz CT molecular complexity index is 579. The number of aliphatic hydroxyl groups excluding tert-OH is 1. The van der Waals surface area contributed by atoms with Crippen molar-refractivity contribution >= 4 is 16.8 Å². The molecule has 20 heavy (non-hydrogen) atoms. The largest absolute Gasteiger partial charge is 0.395 e. The molecule has 0 aliphatic carbocycles. The van der Waals surface area contributed by atoms with Gasteiger partial charge in [0.1, 0.15) is 0 Å². The van der Waals surface area contributed by atoms with E-state index in [0.29, 0.717) is 19.5 Å². The van der Waals surface area contributed by atoms with Crippen molar-refractivity contribution in [3.63, 3.8) is 0 Å². The van der Waals surface area contributed by atoms with Gasteiger partial charge in [0.25, 0.3) is 0 Å². The van der Waals surface area contributed by atoms with Crippen LogP contribution in [0.25, 0.3) is 10.9 Å². The van der Waals surface area contributed by atoms with Crippen LogP contribution in [0.1, 0.15) is 12.5 Å². The van der Waals surface area contributed by atoms with E-state index in [9.17, 15) is 4.79 Å². The predicted octanol–water partition coefficient (Wildman–Crippen LogP) is 0.879. The molecule has 108 valence electrons. The number of nitrogens with one attached hydrogen (secondary N) is 1. The van der Waals surface area contributed by atoms with Crippen molar-refractivity contribution in [2.24, 2.45) is 5.73 Å². The van der Waals surface area contributed by atoms with Gasteiger partial charge in [-0.2, -0.15) is 0 Å². The fourth-order valence-electron chi connectivity index (χ4n) is 2.40. The Kier molecular flexibility index (Phi) is 4.76. The van der Waals surface area contributed by atoms with Gasteiger partial charge in [0.05, 0.1) is 12.6 Å². The lowest BCUT2D eigenvalue weighted by molar-refractivity contribution is -0.132. The van der Waals surface area contributed by atoms with Crippen LogP contribution < -0.4 is 5.73 Å². The molecular formula is C15H21N3O2. The molecule has 1 aromatic carbocycles. The summed E-state index contributed by atoms with van der Waals surface area (Å²) in [6.07, 6.45) is 2.39. The van der Waals surface area contributed by atoms with Gasteiger partial charge >= 0.3 is 0 Å². The second kappa shape index (κ2) is 6.54. The van der Waals surface area contributed by atoms with Crippen LogP contribution in [0.5, 0.6) is 0 Å². The van der Waals surface area contributed by atoms with E-state index in [4.69, 9.17) is 10.8 Å². The van der Waals surface area contributed by atoms with E-state index in [1.807, 2.05) is 37.4 Å². The molecule has 2 rings (SSSR count). The number of likely N-dealkylation sites (N-methyl/N-ethyl adjacent to an activating group) is 1. The number of aromatic amines is 1. The molecule has 0 radical (unpaired) electrons. The fraction of sp³-hybridized carbons (Fsp3) is 0.400. The van der Waals surface area contributed by atoms with Crippen LogP contribution in [-0.4, -0.2) is 46.6 Å². The van der Waals surface area contributed by atoms with Crippen LogP contribution in [0.2, 0.25) is 0 Å². The zero-order valence-electron chi connectivity index (χ0n) is 11.7. The molecule has 0 spiro atoms. The first-order chi connectivity index (χ1) is 9.67. The van der Waals surface area contributed by atoms with E-state index in [-0.39, 0.29) is 12.5 Å². The molecule has 1 aromatic heterocycles. The maximum Gasteiger partial charge on any atom is 0.239 e. The number of para-hydroxylation sites is 1. The molecule has 0 bridgehead atoms. The van der Waals surface area contributed by atoms with Crippen molar-refractivity contribution in [1.29, 1.82) is 0 Å². The number of hydrogen-bond donors (Lipinski definition) is 3. The quantitative estimate of drug-likeness (QED) is 0.732. The molecular weight excluding hydrogens is 254 g/mol. The van der Waals surface area contributed by atoms with E-state index in [2.05, 4.69) is 4.98 Å². The van der Waals surface area contributed by atoms with E-state index >= 15 is 0 Å². The number of benzene rings is 1. The van der Waals surface area contributed by atoms with Crippen LogP contribution in [0.15, 0.2) is 30.5 Å². The number of nitrogens with two attached hydrogens (primary N) is 1. The molecule has 1 atom stereocenters. The molecule has 5 heteroatoms. The molecule has 1 heterocycles. The predicted molar refractivity (Wildman–Crippen MR) is 79.3 cm³/mol. The number of carbonyl (C=O) groups excluding carboxylic acids is 1. The number of carbonyl (C=O) groups is 1. The molecule has 0 saturated heterocycles. The highest BCUT2D eigenvalue weighted by Crippen LogP contribution is 2.19. The number of hydrogen-bond acceptors (Lipinski definition) is 3.